The quantitative estimate of drug-likeness (QED) is 0.691. The standard InChI is InChI=1S/C13H13N5O4S2/c14-11-17-18-13(24-11)23-6-10(19)16-12(20)15-7-1-2-8-9(5-7)22-4-3-21-8/h1-2,5H,3-4,6H2,(H2,14,17)(H2,15,16,19,20). The molecule has 1 aromatic carbocycles. The second-order valence-corrected chi connectivity index (χ2v) is 6.79. The maximum absolute atomic E-state index is 11.8. The normalized spacial score (nSPS) is 12.5. The number of aromatic nitrogens is 2. The fourth-order valence-electron chi connectivity index (χ4n) is 1.85. The number of ether oxygens (including phenoxy) is 2. The van der Waals surface area contributed by atoms with Crippen LogP contribution in [0, 0.1) is 0 Å². The van der Waals surface area contributed by atoms with E-state index in [0.29, 0.717) is 39.9 Å². The van der Waals surface area contributed by atoms with Crippen LogP contribution in [0.1, 0.15) is 0 Å². The number of benzene rings is 1. The molecule has 0 aliphatic carbocycles. The third-order valence-electron chi connectivity index (χ3n) is 2.80. The molecule has 0 saturated heterocycles. The molecule has 2 heterocycles. The Morgan fingerprint density at radius 3 is 2.79 bits per heavy atom. The number of rotatable bonds is 4. The van der Waals surface area contributed by atoms with Crippen molar-refractivity contribution in [1.82, 2.24) is 15.5 Å². The van der Waals surface area contributed by atoms with Gasteiger partial charge in [-0.05, 0) is 12.1 Å². The Morgan fingerprint density at radius 1 is 1.25 bits per heavy atom. The summed E-state index contributed by atoms with van der Waals surface area (Å²) < 4.78 is 11.4. The van der Waals surface area contributed by atoms with Gasteiger partial charge in [-0.1, -0.05) is 23.1 Å². The number of carbonyl (C=O) groups is 2. The Kier molecular flexibility index (Phi) is 5.01. The van der Waals surface area contributed by atoms with Crippen LogP contribution in [0.4, 0.5) is 15.6 Å². The molecule has 2 aromatic rings. The van der Waals surface area contributed by atoms with Crippen LogP contribution in [0.25, 0.3) is 0 Å². The number of anilines is 2. The summed E-state index contributed by atoms with van der Waals surface area (Å²) in [6, 6.07) is 4.36. The van der Waals surface area contributed by atoms with Crippen LogP contribution in [0.3, 0.4) is 0 Å². The first-order valence-corrected chi connectivity index (χ1v) is 8.62. The summed E-state index contributed by atoms with van der Waals surface area (Å²) in [7, 11) is 0. The van der Waals surface area contributed by atoms with Gasteiger partial charge in [0.1, 0.15) is 13.2 Å². The summed E-state index contributed by atoms with van der Waals surface area (Å²) in [5, 5.41) is 12.5. The second kappa shape index (κ2) is 7.36. The number of hydrogen-bond acceptors (Lipinski definition) is 9. The summed E-state index contributed by atoms with van der Waals surface area (Å²) in [5.74, 6) is 0.748. The lowest BCUT2D eigenvalue weighted by atomic mass is 10.2. The zero-order valence-electron chi connectivity index (χ0n) is 12.3. The third-order valence-corrected chi connectivity index (χ3v) is 4.69. The lowest BCUT2D eigenvalue weighted by molar-refractivity contribution is -0.117. The van der Waals surface area contributed by atoms with E-state index in [4.69, 9.17) is 15.2 Å². The van der Waals surface area contributed by atoms with Crippen molar-refractivity contribution >= 4 is 45.9 Å². The largest absolute Gasteiger partial charge is 0.486 e. The molecule has 3 amide bonds. The zero-order valence-corrected chi connectivity index (χ0v) is 13.9. The Morgan fingerprint density at radius 2 is 2.04 bits per heavy atom. The van der Waals surface area contributed by atoms with Crippen LogP contribution in [0.5, 0.6) is 11.5 Å². The molecule has 1 aliphatic heterocycles. The first kappa shape index (κ1) is 16.3. The van der Waals surface area contributed by atoms with E-state index in [1.165, 1.54) is 11.3 Å². The molecule has 0 bridgehead atoms. The fourth-order valence-corrected chi connectivity index (χ4v) is 3.29. The van der Waals surface area contributed by atoms with Crippen LogP contribution >= 0.6 is 23.1 Å². The van der Waals surface area contributed by atoms with Crippen LogP contribution in [-0.2, 0) is 4.79 Å². The molecule has 24 heavy (non-hydrogen) atoms. The number of fused-ring (bicyclic) bond motifs is 1. The highest BCUT2D eigenvalue weighted by Crippen LogP contribution is 2.32. The van der Waals surface area contributed by atoms with Gasteiger partial charge in [-0.3, -0.25) is 10.1 Å². The number of hydrogen-bond donors (Lipinski definition) is 3. The second-order valence-electron chi connectivity index (χ2n) is 4.56. The van der Waals surface area contributed by atoms with E-state index in [2.05, 4.69) is 20.8 Å². The minimum atomic E-state index is -0.631. The van der Waals surface area contributed by atoms with Gasteiger partial charge < -0.3 is 20.5 Å². The third kappa shape index (κ3) is 4.26. The minimum Gasteiger partial charge on any atom is -0.486 e. The van der Waals surface area contributed by atoms with Crippen molar-refractivity contribution < 1.29 is 19.1 Å². The highest BCUT2D eigenvalue weighted by atomic mass is 32.2. The molecule has 0 radical (unpaired) electrons. The Bertz CT molecular complexity index is 767. The lowest BCUT2D eigenvalue weighted by Crippen LogP contribution is -2.35. The van der Waals surface area contributed by atoms with Crippen LogP contribution < -0.4 is 25.8 Å². The summed E-state index contributed by atoms with van der Waals surface area (Å²) in [4.78, 5) is 23.6. The summed E-state index contributed by atoms with van der Waals surface area (Å²) in [5.41, 5.74) is 5.94. The molecule has 0 atom stereocenters. The number of nitrogens with one attached hydrogen (secondary N) is 2. The van der Waals surface area contributed by atoms with Gasteiger partial charge in [0.2, 0.25) is 11.0 Å². The molecule has 0 unspecified atom stereocenters. The number of nitrogen functional groups attached to an aromatic ring is 1. The Labute approximate surface area is 144 Å². The zero-order chi connectivity index (χ0) is 16.9. The number of nitrogens with two attached hydrogens (primary N) is 1. The maximum Gasteiger partial charge on any atom is 0.325 e. The number of carbonyl (C=O) groups excluding carboxylic acids is 2. The summed E-state index contributed by atoms with van der Waals surface area (Å²) in [6.07, 6.45) is 0. The van der Waals surface area contributed by atoms with Gasteiger partial charge in [0, 0.05) is 11.8 Å². The van der Waals surface area contributed by atoms with Crippen molar-refractivity contribution in [2.45, 2.75) is 4.34 Å². The van der Waals surface area contributed by atoms with Gasteiger partial charge in [-0.25, -0.2) is 4.79 Å². The molecule has 9 nitrogen and oxygen atoms in total. The Balaban J connectivity index is 1.49. The first-order chi connectivity index (χ1) is 11.6. The minimum absolute atomic E-state index is 0.0309. The van der Waals surface area contributed by atoms with Gasteiger partial charge in [0.05, 0.1) is 5.75 Å². The van der Waals surface area contributed by atoms with Crippen LogP contribution in [0.15, 0.2) is 22.5 Å². The topological polar surface area (TPSA) is 128 Å². The maximum atomic E-state index is 11.8. The molecule has 1 aromatic heterocycles. The molecule has 4 N–H and O–H groups in total. The monoisotopic (exact) mass is 367 g/mol. The number of nitrogens with zero attached hydrogens (tertiary/aromatic N) is 2. The lowest BCUT2D eigenvalue weighted by Gasteiger charge is -2.19. The predicted molar refractivity (Wildman–Crippen MR) is 89.6 cm³/mol. The molecule has 3 rings (SSSR count). The van der Waals surface area contributed by atoms with Crippen molar-refractivity contribution in [2.24, 2.45) is 0 Å². The van der Waals surface area contributed by atoms with E-state index < -0.39 is 11.9 Å². The predicted octanol–water partition coefficient (Wildman–Crippen LogP) is 1.33. The molecule has 126 valence electrons. The molecular formula is C13H13N5O4S2. The highest BCUT2D eigenvalue weighted by molar-refractivity contribution is 8.01. The number of thioether (sulfide) groups is 1. The molecule has 0 saturated carbocycles. The van der Waals surface area contributed by atoms with Gasteiger partial charge in [0.15, 0.2) is 15.8 Å². The van der Waals surface area contributed by atoms with Crippen LogP contribution in [-0.4, -0.2) is 41.1 Å². The van der Waals surface area contributed by atoms with Crippen molar-refractivity contribution in [3.63, 3.8) is 0 Å². The van der Waals surface area contributed by atoms with E-state index >= 15 is 0 Å². The SMILES string of the molecule is Nc1nnc(SCC(=O)NC(=O)Nc2ccc3c(c2)OCCO3)s1. The van der Waals surface area contributed by atoms with Crippen molar-refractivity contribution in [1.29, 1.82) is 0 Å². The van der Waals surface area contributed by atoms with Gasteiger partial charge >= 0.3 is 6.03 Å². The molecule has 0 fully saturated rings. The number of urea groups is 1. The van der Waals surface area contributed by atoms with E-state index in [1.54, 1.807) is 18.2 Å². The van der Waals surface area contributed by atoms with Crippen molar-refractivity contribution in [2.75, 3.05) is 30.0 Å². The summed E-state index contributed by atoms with van der Waals surface area (Å²) in [6.45, 7) is 0.946. The fraction of sp³-hybridized carbons (Fsp3) is 0.231. The number of imide groups is 1. The summed E-state index contributed by atoms with van der Waals surface area (Å²) >= 11 is 2.33. The molecular weight excluding hydrogens is 354 g/mol. The van der Waals surface area contributed by atoms with Gasteiger partial charge in [-0.15, -0.1) is 10.2 Å². The number of amides is 3. The average Bonchev–Trinajstić information content (AvgIpc) is 2.98. The molecule has 0 spiro atoms. The van der Waals surface area contributed by atoms with Crippen molar-refractivity contribution in [3.8, 4) is 11.5 Å². The van der Waals surface area contributed by atoms with E-state index in [1.807, 2.05) is 0 Å². The first-order valence-electron chi connectivity index (χ1n) is 6.82. The highest BCUT2D eigenvalue weighted by Gasteiger charge is 2.14. The van der Waals surface area contributed by atoms with Gasteiger partial charge in [0.25, 0.3) is 0 Å². The van der Waals surface area contributed by atoms with E-state index in [-0.39, 0.29) is 5.75 Å². The Hall–Kier alpha value is -2.53. The van der Waals surface area contributed by atoms with E-state index in [0.717, 1.165) is 11.8 Å². The molecule has 11 heteroatoms. The molecule has 1 aliphatic rings. The van der Waals surface area contributed by atoms with Crippen LogP contribution in [0.2, 0.25) is 0 Å². The smallest absolute Gasteiger partial charge is 0.325 e. The van der Waals surface area contributed by atoms with Crippen molar-refractivity contribution in [3.05, 3.63) is 18.2 Å². The average molecular weight is 367 g/mol. The van der Waals surface area contributed by atoms with E-state index in [9.17, 15) is 9.59 Å². The van der Waals surface area contributed by atoms with Gasteiger partial charge in [-0.2, -0.15) is 0 Å².